The van der Waals surface area contributed by atoms with Crippen molar-refractivity contribution < 1.29 is 4.79 Å². The third-order valence-corrected chi connectivity index (χ3v) is 4.72. The van der Waals surface area contributed by atoms with Gasteiger partial charge >= 0.3 is 5.69 Å². The number of thioether (sulfide) groups is 1. The lowest BCUT2D eigenvalue weighted by atomic mass is 10.2. The molecule has 0 radical (unpaired) electrons. The van der Waals surface area contributed by atoms with Crippen molar-refractivity contribution in [3.8, 4) is 0 Å². The van der Waals surface area contributed by atoms with E-state index in [-0.39, 0.29) is 23.0 Å². The van der Waals surface area contributed by atoms with Crippen LogP contribution in [0.2, 0.25) is 0 Å². The zero-order valence-electron chi connectivity index (χ0n) is 15.1. The zero-order chi connectivity index (χ0) is 18.7. The monoisotopic (exact) mass is 365 g/mol. The van der Waals surface area contributed by atoms with E-state index in [9.17, 15) is 14.4 Å². The maximum Gasteiger partial charge on any atom is 0.332 e. The Kier molecular flexibility index (Phi) is 5.99. The van der Waals surface area contributed by atoms with Gasteiger partial charge in [0.15, 0.2) is 5.65 Å². The highest BCUT2D eigenvalue weighted by atomic mass is 32.2. The summed E-state index contributed by atoms with van der Waals surface area (Å²) in [6.45, 7) is 6.29. The normalized spacial score (nSPS) is 11.3. The maximum atomic E-state index is 12.7. The molecule has 0 spiro atoms. The van der Waals surface area contributed by atoms with Crippen LogP contribution in [0.3, 0.4) is 0 Å². The van der Waals surface area contributed by atoms with Crippen LogP contribution < -0.4 is 16.6 Å². The van der Waals surface area contributed by atoms with Gasteiger partial charge in [0.25, 0.3) is 5.56 Å². The van der Waals surface area contributed by atoms with Crippen molar-refractivity contribution in [2.24, 2.45) is 7.05 Å². The Labute approximate surface area is 149 Å². The van der Waals surface area contributed by atoms with Gasteiger partial charge in [-0.25, -0.2) is 14.8 Å². The SMILES string of the molecule is CCCn1c(=O)n(C)c(=O)c2c(SCC(=O)NC)nc(C(C)C)nc21. The predicted molar refractivity (Wildman–Crippen MR) is 98.2 cm³/mol. The molecule has 0 aliphatic rings. The van der Waals surface area contributed by atoms with E-state index in [1.165, 1.54) is 23.4 Å². The van der Waals surface area contributed by atoms with Gasteiger partial charge in [0.05, 0.1) is 5.75 Å². The third-order valence-electron chi connectivity index (χ3n) is 3.75. The Morgan fingerprint density at radius 3 is 2.52 bits per heavy atom. The Hall–Kier alpha value is -2.16. The number of aryl methyl sites for hydroxylation is 1. The molecule has 0 unspecified atom stereocenters. The number of aromatic nitrogens is 4. The van der Waals surface area contributed by atoms with E-state index in [0.29, 0.717) is 23.0 Å². The standard InChI is InChI=1S/C16H23N5O3S/c1-6-7-21-13-11(15(23)20(5)16(21)24)14(25-8-10(22)17-4)19-12(18-13)9(2)3/h9H,6-8H2,1-5H3,(H,17,22). The summed E-state index contributed by atoms with van der Waals surface area (Å²) >= 11 is 1.18. The van der Waals surface area contributed by atoms with Gasteiger partial charge < -0.3 is 5.32 Å². The number of rotatable bonds is 6. The molecule has 0 aliphatic heterocycles. The molecule has 0 aliphatic carbocycles. The van der Waals surface area contributed by atoms with E-state index >= 15 is 0 Å². The van der Waals surface area contributed by atoms with Crippen LogP contribution in [0.4, 0.5) is 0 Å². The van der Waals surface area contributed by atoms with Crippen LogP contribution in [0, 0.1) is 0 Å². The van der Waals surface area contributed by atoms with Gasteiger partial charge in [0.2, 0.25) is 5.91 Å². The number of carbonyl (C=O) groups excluding carboxylic acids is 1. The summed E-state index contributed by atoms with van der Waals surface area (Å²) in [6.07, 6.45) is 0.731. The fraction of sp³-hybridized carbons (Fsp3) is 0.562. The van der Waals surface area contributed by atoms with Gasteiger partial charge in [-0.2, -0.15) is 0 Å². The molecule has 25 heavy (non-hydrogen) atoms. The molecular weight excluding hydrogens is 342 g/mol. The highest BCUT2D eigenvalue weighted by molar-refractivity contribution is 8.00. The lowest BCUT2D eigenvalue weighted by molar-refractivity contribution is -0.118. The van der Waals surface area contributed by atoms with Gasteiger partial charge in [-0.1, -0.05) is 32.5 Å². The van der Waals surface area contributed by atoms with Gasteiger partial charge in [-0.05, 0) is 6.42 Å². The molecule has 2 heterocycles. The first kappa shape index (κ1) is 19.2. The molecule has 2 aromatic heterocycles. The highest BCUT2D eigenvalue weighted by Gasteiger charge is 2.20. The van der Waals surface area contributed by atoms with E-state index in [0.717, 1.165) is 11.0 Å². The van der Waals surface area contributed by atoms with Crippen molar-refractivity contribution in [1.29, 1.82) is 0 Å². The molecule has 0 saturated heterocycles. The van der Waals surface area contributed by atoms with Crippen LogP contribution in [0.1, 0.15) is 38.9 Å². The summed E-state index contributed by atoms with van der Waals surface area (Å²) in [5, 5.41) is 3.26. The zero-order valence-corrected chi connectivity index (χ0v) is 15.9. The predicted octanol–water partition coefficient (Wildman–Crippen LogP) is 0.862. The average Bonchev–Trinajstić information content (AvgIpc) is 2.60. The second-order valence-corrected chi connectivity index (χ2v) is 6.96. The van der Waals surface area contributed by atoms with Gasteiger partial charge in [-0.15, -0.1) is 0 Å². The number of fused-ring (bicyclic) bond motifs is 1. The summed E-state index contributed by atoms with van der Waals surface area (Å²) < 4.78 is 2.58. The molecular formula is C16H23N5O3S. The Balaban J connectivity index is 2.83. The van der Waals surface area contributed by atoms with E-state index in [4.69, 9.17) is 0 Å². The average molecular weight is 365 g/mol. The van der Waals surface area contributed by atoms with Crippen LogP contribution in [0.25, 0.3) is 11.0 Å². The molecule has 0 bridgehead atoms. The van der Waals surface area contributed by atoms with E-state index in [1.54, 1.807) is 7.05 Å². The number of nitrogens with zero attached hydrogens (tertiary/aromatic N) is 4. The lowest BCUT2D eigenvalue weighted by Gasteiger charge is -2.14. The summed E-state index contributed by atoms with van der Waals surface area (Å²) in [6, 6.07) is 0. The van der Waals surface area contributed by atoms with Gasteiger partial charge in [-0.3, -0.25) is 18.7 Å². The quantitative estimate of drug-likeness (QED) is 0.602. The van der Waals surface area contributed by atoms with Crippen molar-refractivity contribution in [3.05, 3.63) is 26.7 Å². The molecule has 0 atom stereocenters. The second-order valence-electron chi connectivity index (χ2n) is 6.00. The maximum absolute atomic E-state index is 12.7. The fourth-order valence-corrected chi connectivity index (χ4v) is 3.24. The van der Waals surface area contributed by atoms with E-state index < -0.39 is 11.2 Å². The minimum atomic E-state index is -0.443. The first-order valence-electron chi connectivity index (χ1n) is 8.16. The molecule has 8 nitrogen and oxygen atoms in total. The first-order chi connectivity index (χ1) is 11.8. The molecule has 0 aromatic carbocycles. The summed E-state index contributed by atoms with van der Waals surface area (Å²) in [5.41, 5.74) is -0.495. The molecule has 9 heteroatoms. The minimum Gasteiger partial charge on any atom is -0.358 e. The van der Waals surface area contributed by atoms with E-state index in [1.807, 2.05) is 20.8 Å². The van der Waals surface area contributed by atoms with Crippen molar-refractivity contribution in [3.63, 3.8) is 0 Å². The molecule has 1 amide bonds. The summed E-state index contributed by atoms with van der Waals surface area (Å²) in [7, 11) is 3.00. The van der Waals surface area contributed by atoms with Crippen LogP contribution in [0.15, 0.2) is 14.6 Å². The second kappa shape index (κ2) is 7.81. The van der Waals surface area contributed by atoms with Crippen molar-refractivity contribution in [2.45, 2.75) is 44.7 Å². The van der Waals surface area contributed by atoms with Gasteiger partial charge in [0, 0.05) is 26.6 Å². The Bertz CT molecular complexity index is 917. The van der Waals surface area contributed by atoms with Crippen LogP contribution >= 0.6 is 11.8 Å². The Morgan fingerprint density at radius 2 is 1.96 bits per heavy atom. The molecule has 2 aromatic rings. The molecule has 0 fully saturated rings. The number of nitrogens with one attached hydrogen (secondary N) is 1. The molecule has 2 rings (SSSR count). The number of hydrogen-bond acceptors (Lipinski definition) is 6. The number of amides is 1. The van der Waals surface area contributed by atoms with Gasteiger partial charge in [0.1, 0.15) is 16.2 Å². The van der Waals surface area contributed by atoms with Crippen molar-refractivity contribution in [1.82, 2.24) is 24.4 Å². The van der Waals surface area contributed by atoms with Crippen molar-refractivity contribution >= 4 is 28.7 Å². The van der Waals surface area contributed by atoms with Crippen molar-refractivity contribution in [2.75, 3.05) is 12.8 Å². The number of carbonyl (C=O) groups is 1. The molecule has 136 valence electrons. The third kappa shape index (κ3) is 3.76. The summed E-state index contributed by atoms with van der Waals surface area (Å²) in [5.74, 6) is 0.542. The topological polar surface area (TPSA) is 98.9 Å². The van der Waals surface area contributed by atoms with Crippen LogP contribution in [-0.4, -0.2) is 37.8 Å². The first-order valence-corrected chi connectivity index (χ1v) is 9.15. The smallest absolute Gasteiger partial charge is 0.332 e. The fourth-order valence-electron chi connectivity index (χ4n) is 2.35. The van der Waals surface area contributed by atoms with E-state index in [2.05, 4.69) is 15.3 Å². The largest absolute Gasteiger partial charge is 0.358 e. The van der Waals surface area contributed by atoms with Crippen LogP contribution in [0.5, 0.6) is 0 Å². The molecule has 0 saturated carbocycles. The Morgan fingerprint density at radius 1 is 1.28 bits per heavy atom. The lowest BCUT2D eigenvalue weighted by Crippen LogP contribution is -2.39. The molecule has 1 N–H and O–H groups in total. The van der Waals surface area contributed by atoms with Crippen LogP contribution in [-0.2, 0) is 18.4 Å². The summed E-state index contributed by atoms with van der Waals surface area (Å²) in [4.78, 5) is 45.7. The number of hydrogen-bond donors (Lipinski definition) is 1. The highest BCUT2D eigenvalue weighted by Crippen LogP contribution is 2.24. The minimum absolute atomic E-state index is 0.0259.